The molecule has 1 fully saturated rings. The van der Waals surface area contributed by atoms with Crippen molar-refractivity contribution in [1.29, 1.82) is 0 Å². The Morgan fingerprint density at radius 2 is 1.72 bits per heavy atom. The first-order valence-corrected chi connectivity index (χ1v) is 17.8. The number of benzene rings is 3. The monoisotopic (exact) mass is 780 g/mol. The maximum Gasteiger partial charge on any atom is 0.335 e. The highest BCUT2D eigenvalue weighted by Crippen LogP contribution is 2.50. The number of nitrogens with zero attached hydrogens (tertiary/aromatic N) is 3. The highest BCUT2D eigenvalue weighted by Gasteiger charge is 2.52. The summed E-state index contributed by atoms with van der Waals surface area (Å²) >= 11 is 13.4. The summed E-state index contributed by atoms with van der Waals surface area (Å²) < 4.78 is 17.8. The van der Waals surface area contributed by atoms with E-state index in [4.69, 9.17) is 37.4 Å². The van der Waals surface area contributed by atoms with Gasteiger partial charge in [-0.3, -0.25) is 9.59 Å². The lowest BCUT2D eigenvalue weighted by atomic mass is 9.76. The van der Waals surface area contributed by atoms with E-state index in [0.717, 1.165) is 5.56 Å². The predicted molar refractivity (Wildman–Crippen MR) is 197 cm³/mol. The van der Waals surface area contributed by atoms with E-state index in [9.17, 15) is 34.8 Å². The van der Waals surface area contributed by atoms with Crippen LogP contribution in [-0.2, 0) is 32.8 Å². The molecule has 54 heavy (non-hydrogen) atoms. The topological polar surface area (TPSA) is 170 Å². The minimum Gasteiger partial charge on any atom is -0.497 e. The third-order valence-corrected chi connectivity index (χ3v) is 10.7. The van der Waals surface area contributed by atoms with Crippen molar-refractivity contribution >= 4 is 46.7 Å². The van der Waals surface area contributed by atoms with Crippen LogP contribution >= 0.6 is 23.2 Å². The highest BCUT2D eigenvalue weighted by molar-refractivity contribution is 6.33. The number of fused-ring (bicyclic) bond motifs is 1. The van der Waals surface area contributed by atoms with Gasteiger partial charge in [0.15, 0.2) is 24.6 Å². The number of methoxy groups -OCH3 is 2. The number of carbonyl (C=O) groups excluding carboxylic acids is 2. The Kier molecular flexibility index (Phi) is 11.2. The fourth-order valence-electron chi connectivity index (χ4n) is 7.09. The molecular formula is C39H40Cl2N3O10+. The van der Waals surface area contributed by atoms with Crippen molar-refractivity contribution in [3.63, 3.8) is 0 Å². The normalized spacial score (nSPS) is 23.5. The number of ether oxygens (including phenoxy) is 3. The number of aliphatic hydroxyl groups excluding tert-OH is 3. The van der Waals surface area contributed by atoms with Gasteiger partial charge in [-0.1, -0.05) is 23.2 Å². The SMILES string of the molecule is CCN(Cc1ccc[n+]([C@@H]2O[C@H](C(=O)O)[C@@H](O)[C@H](O)[C@H]2O)c1)C(=O)c1ccc(Cl)c(C2(C)C(=O)N(Cc3ccc(OC)cc3OC)c3ccc(Cl)cc32)c1. The van der Waals surface area contributed by atoms with Gasteiger partial charge in [0, 0.05) is 51.1 Å². The summed E-state index contributed by atoms with van der Waals surface area (Å²) in [6.45, 7) is 4.12. The van der Waals surface area contributed by atoms with Gasteiger partial charge in [0.05, 0.1) is 27.3 Å². The van der Waals surface area contributed by atoms with E-state index in [2.05, 4.69) is 0 Å². The van der Waals surface area contributed by atoms with Gasteiger partial charge in [-0.05, 0) is 79.6 Å². The van der Waals surface area contributed by atoms with Gasteiger partial charge in [0.2, 0.25) is 5.91 Å². The zero-order valence-corrected chi connectivity index (χ0v) is 31.4. The molecule has 1 saturated heterocycles. The van der Waals surface area contributed by atoms with Gasteiger partial charge in [-0.15, -0.1) is 0 Å². The van der Waals surface area contributed by atoms with Gasteiger partial charge in [0.25, 0.3) is 12.1 Å². The standard InChI is InChI=1S/C39H39Cl2N3O10/c1-5-42(18-21-7-6-14-43(19-21)36-33(47)31(45)32(46)34(54-36)37(49)50)35(48)22-9-12-28(41)26(15-22)39(2)27-16-24(40)10-13-29(27)44(38(39)51)20-23-8-11-25(52-3)17-30(23)53-4/h6-17,19,31-34,36,45-47H,5,18,20H2,1-4H3/p+1/t31-,32-,33+,34-,36+,39?/m0/s1. The number of hydrogen-bond donors (Lipinski definition) is 4. The van der Waals surface area contributed by atoms with Gasteiger partial charge >= 0.3 is 5.97 Å². The Morgan fingerprint density at radius 1 is 0.963 bits per heavy atom. The molecule has 1 unspecified atom stereocenters. The summed E-state index contributed by atoms with van der Waals surface area (Å²) in [4.78, 5) is 43.7. The van der Waals surface area contributed by atoms with Crippen LogP contribution in [0.3, 0.4) is 0 Å². The van der Waals surface area contributed by atoms with E-state index in [1.807, 2.05) is 6.07 Å². The van der Waals surface area contributed by atoms with Crippen molar-refractivity contribution in [3.8, 4) is 11.5 Å². The average molecular weight is 782 g/mol. The minimum absolute atomic E-state index is 0.0938. The van der Waals surface area contributed by atoms with E-state index >= 15 is 0 Å². The van der Waals surface area contributed by atoms with Crippen LogP contribution in [0, 0.1) is 0 Å². The number of amides is 2. The first-order chi connectivity index (χ1) is 25.7. The number of carbonyl (C=O) groups is 3. The van der Waals surface area contributed by atoms with E-state index < -0.39 is 42.0 Å². The lowest BCUT2D eigenvalue weighted by Crippen LogP contribution is -2.63. The third kappa shape index (κ3) is 6.99. The molecule has 6 rings (SSSR count). The van der Waals surface area contributed by atoms with Crippen molar-refractivity contribution in [2.24, 2.45) is 0 Å². The summed E-state index contributed by atoms with van der Waals surface area (Å²) in [5.74, 6) is -0.980. The minimum atomic E-state index is -1.83. The van der Waals surface area contributed by atoms with Crippen LogP contribution in [0.4, 0.5) is 5.69 Å². The van der Waals surface area contributed by atoms with Crippen molar-refractivity contribution in [1.82, 2.24) is 4.90 Å². The number of pyridine rings is 1. The summed E-state index contributed by atoms with van der Waals surface area (Å²) in [5, 5.41) is 41.3. The Hall–Kier alpha value is -4.76. The maximum absolute atomic E-state index is 14.6. The molecule has 1 aromatic heterocycles. The van der Waals surface area contributed by atoms with Crippen LogP contribution in [0.25, 0.3) is 0 Å². The lowest BCUT2D eigenvalue weighted by molar-refractivity contribution is -0.777. The van der Waals surface area contributed by atoms with Crippen molar-refractivity contribution in [3.05, 3.63) is 117 Å². The largest absolute Gasteiger partial charge is 0.497 e. The van der Waals surface area contributed by atoms with Crippen LogP contribution in [0.15, 0.2) is 79.1 Å². The molecule has 6 atom stereocenters. The van der Waals surface area contributed by atoms with E-state index in [1.54, 1.807) is 105 Å². The fraction of sp³-hybridized carbons (Fsp3) is 0.333. The number of aliphatic hydroxyl groups is 3. The number of carboxylic acids is 1. The molecule has 4 N–H and O–H groups in total. The van der Waals surface area contributed by atoms with Crippen LogP contribution in [0.2, 0.25) is 10.0 Å². The molecule has 15 heteroatoms. The smallest absolute Gasteiger partial charge is 0.335 e. The zero-order chi connectivity index (χ0) is 39.1. The number of aromatic nitrogens is 1. The van der Waals surface area contributed by atoms with E-state index in [1.165, 1.54) is 10.8 Å². The maximum atomic E-state index is 14.6. The van der Waals surface area contributed by atoms with Crippen LogP contribution in [0.5, 0.6) is 11.5 Å². The van der Waals surface area contributed by atoms with E-state index in [0.29, 0.717) is 38.9 Å². The second kappa shape index (κ2) is 15.5. The average Bonchev–Trinajstić information content (AvgIpc) is 3.37. The molecule has 0 spiro atoms. The molecule has 0 bridgehead atoms. The van der Waals surface area contributed by atoms with Crippen LogP contribution in [0.1, 0.15) is 52.7 Å². The van der Waals surface area contributed by atoms with Crippen LogP contribution < -0.4 is 18.9 Å². The molecule has 2 aliphatic heterocycles. The summed E-state index contributed by atoms with van der Waals surface area (Å²) in [6.07, 6.45) is -5.27. The third-order valence-electron chi connectivity index (χ3n) is 10.1. The molecule has 284 valence electrons. The Bertz CT molecular complexity index is 2100. The fourth-order valence-corrected chi connectivity index (χ4v) is 7.57. The number of anilines is 1. The summed E-state index contributed by atoms with van der Waals surface area (Å²) in [7, 11) is 3.10. The summed E-state index contributed by atoms with van der Waals surface area (Å²) in [5.41, 5.74) is 1.95. The second-order valence-corrected chi connectivity index (χ2v) is 14.1. The number of hydrogen-bond acceptors (Lipinski definition) is 9. The Labute approximate surface area is 321 Å². The Morgan fingerprint density at radius 3 is 2.41 bits per heavy atom. The molecule has 3 heterocycles. The predicted octanol–water partition coefficient (Wildman–Crippen LogP) is 3.88. The molecule has 2 amide bonds. The molecule has 0 saturated carbocycles. The molecular weight excluding hydrogens is 741 g/mol. The van der Waals surface area contributed by atoms with Gasteiger partial charge in [-0.2, -0.15) is 4.57 Å². The lowest BCUT2D eigenvalue weighted by Gasteiger charge is -2.35. The number of rotatable bonds is 11. The molecule has 0 aliphatic carbocycles. The second-order valence-electron chi connectivity index (χ2n) is 13.3. The first kappa shape index (κ1) is 38.9. The van der Waals surface area contributed by atoms with Crippen molar-refractivity contribution in [2.45, 2.75) is 63.0 Å². The number of carboxylic acid groups (broad SMARTS) is 1. The van der Waals surface area contributed by atoms with E-state index in [-0.39, 0.29) is 42.0 Å². The van der Waals surface area contributed by atoms with Crippen molar-refractivity contribution in [2.75, 3.05) is 25.7 Å². The number of halogens is 2. The van der Waals surface area contributed by atoms with Crippen LogP contribution in [-0.4, -0.2) is 88.3 Å². The van der Waals surface area contributed by atoms with Crippen molar-refractivity contribution < 1.29 is 53.6 Å². The molecule has 13 nitrogen and oxygen atoms in total. The molecule has 0 radical (unpaired) electrons. The summed E-state index contributed by atoms with van der Waals surface area (Å²) in [6, 6.07) is 18.8. The molecule has 2 aliphatic rings. The van der Waals surface area contributed by atoms with Gasteiger partial charge in [0.1, 0.15) is 29.1 Å². The zero-order valence-electron chi connectivity index (χ0n) is 29.8. The highest BCUT2D eigenvalue weighted by atomic mass is 35.5. The quantitative estimate of drug-likeness (QED) is 0.164. The molecule has 3 aromatic carbocycles. The molecule has 4 aromatic rings. The van der Waals surface area contributed by atoms with Gasteiger partial charge < -0.3 is 44.4 Å². The number of aliphatic carboxylic acids is 1. The first-order valence-electron chi connectivity index (χ1n) is 17.1. The Balaban J connectivity index is 1.30. The van der Waals surface area contributed by atoms with Gasteiger partial charge in [-0.25, -0.2) is 4.79 Å².